The SMILES string of the molecule is CC(C)(C)C#Cc1cc(N(C(=O)[C@H]2CC[C@H](C)CC2)[C@H]2CC[C@H](Sc3ccncc3)CC2)c(C(=O)O)s1. The monoisotopic (exact) mass is 538 g/mol. The second-order valence-corrected chi connectivity index (χ2v) is 14.0. The van der Waals surface area contributed by atoms with Gasteiger partial charge in [-0.2, -0.15) is 0 Å². The van der Waals surface area contributed by atoms with E-state index in [9.17, 15) is 14.7 Å². The Morgan fingerprint density at radius 2 is 1.70 bits per heavy atom. The molecule has 1 amide bonds. The van der Waals surface area contributed by atoms with Crippen LogP contribution >= 0.6 is 23.1 Å². The predicted octanol–water partition coefficient (Wildman–Crippen LogP) is 7.50. The molecule has 2 saturated carbocycles. The van der Waals surface area contributed by atoms with Gasteiger partial charge in [-0.25, -0.2) is 4.79 Å². The van der Waals surface area contributed by atoms with E-state index in [1.54, 1.807) is 0 Å². The number of hydrogen-bond acceptors (Lipinski definition) is 5. The summed E-state index contributed by atoms with van der Waals surface area (Å²) in [5.74, 6) is 6.12. The molecule has 0 bridgehead atoms. The lowest BCUT2D eigenvalue weighted by molar-refractivity contribution is -0.124. The van der Waals surface area contributed by atoms with E-state index >= 15 is 0 Å². The van der Waals surface area contributed by atoms with Crippen molar-refractivity contribution in [1.29, 1.82) is 0 Å². The number of carbonyl (C=O) groups excluding carboxylic acids is 1. The molecule has 2 heterocycles. The van der Waals surface area contributed by atoms with E-state index in [-0.39, 0.29) is 28.2 Å². The van der Waals surface area contributed by atoms with E-state index in [0.717, 1.165) is 51.4 Å². The minimum Gasteiger partial charge on any atom is -0.477 e. The Hall–Kier alpha value is -2.30. The number of hydrogen-bond donors (Lipinski definition) is 1. The van der Waals surface area contributed by atoms with Crippen molar-refractivity contribution in [3.63, 3.8) is 0 Å². The number of carboxylic acids is 1. The molecule has 2 aromatic rings. The zero-order valence-electron chi connectivity index (χ0n) is 22.3. The van der Waals surface area contributed by atoms with E-state index < -0.39 is 5.97 Å². The molecular weight excluding hydrogens is 500 g/mol. The normalized spacial score (nSPS) is 24.1. The second kappa shape index (κ2) is 12.0. The summed E-state index contributed by atoms with van der Waals surface area (Å²) in [4.78, 5) is 34.6. The predicted molar refractivity (Wildman–Crippen MR) is 152 cm³/mol. The molecule has 2 fully saturated rings. The first-order chi connectivity index (χ1) is 17.6. The minimum atomic E-state index is -0.985. The second-order valence-electron chi connectivity index (χ2n) is 11.5. The van der Waals surface area contributed by atoms with E-state index in [1.807, 2.05) is 68.0 Å². The first kappa shape index (κ1) is 27.7. The van der Waals surface area contributed by atoms with Crippen molar-refractivity contribution in [1.82, 2.24) is 4.98 Å². The molecular formula is C30H38N2O3S2. The van der Waals surface area contributed by atoms with Gasteiger partial charge in [0.2, 0.25) is 5.91 Å². The summed E-state index contributed by atoms with van der Waals surface area (Å²) in [5, 5.41) is 10.6. The molecule has 0 saturated heterocycles. The molecule has 0 radical (unpaired) electrons. The molecule has 4 rings (SSSR count). The van der Waals surface area contributed by atoms with Gasteiger partial charge in [-0.05, 0) is 96.3 Å². The first-order valence-corrected chi connectivity index (χ1v) is 15.1. The highest BCUT2D eigenvalue weighted by molar-refractivity contribution is 8.00. The Bertz CT molecular complexity index is 1140. The Balaban J connectivity index is 1.61. The quantitative estimate of drug-likeness (QED) is 0.386. The third-order valence-electron chi connectivity index (χ3n) is 7.29. The minimum absolute atomic E-state index is 0.0114. The Morgan fingerprint density at radius 3 is 2.30 bits per heavy atom. The summed E-state index contributed by atoms with van der Waals surface area (Å²) in [6.45, 7) is 8.36. The van der Waals surface area contributed by atoms with E-state index in [2.05, 4.69) is 23.7 Å². The number of amides is 1. The van der Waals surface area contributed by atoms with Gasteiger partial charge >= 0.3 is 5.97 Å². The molecule has 0 aliphatic heterocycles. The van der Waals surface area contributed by atoms with Crippen molar-refractivity contribution < 1.29 is 14.7 Å². The van der Waals surface area contributed by atoms with Crippen LogP contribution in [0, 0.1) is 29.1 Å². The van der Waals surface area contributed by atoms with Crippen molar-refractivity contribution in [2.75, 3.05) is 4.90 Å². The number of thioether (sulfide) groups is 1. The van der Waals surface area contributed by atoms with Gasteiger partial charge in [-0.15, -0.1) is 23.1 Å². The van der Waals surface area contributed by atoms with Gasteiger partial charge < -0.3 is 10.0 Å². The van der Waals surface area contributed by atoms with Crippen LogP contribution in [-0.2, 0) is 4.79 Å². The van der Waals surface area contributed by atoms with E-state index in [0.29, 0.717) is 21.7 Å². The number of pyridine rings is 1. The van der Waals surface area contributed by atoms with Crippen LogP contribution in [0.2, 0.25) is 0 Å². The fourth-order valence-corrected chi connectivity index (χ4v) is 7.27. The zero-order valence-corrected chi connectivity index (χ0v) is 24.0. The van der Waals surface area contributed by atoms with Gasteiger partial charge in [-0.3, -0.25) is 9.78 Å². The van der Waals surface area contributed by atoms with Crippen LogP contribution in [0.5, 0.6) is 0 Å². The average Bonchev–Trinajstić information content (AvgIpc) is 3.29. The summed E-state index contributed by atoms with van der Waals surface area (Å²) in [6.07, 6.45) is 11.2. The number of nitrogens with zero attached hydrogens (tertiary/aromatic N) is 2. The largest absolute Gasteiger partial charge is 0.477 e. The highest BCUT2D eigenvalue weighted by Crippen LogP contribution is 2.41. The van der Waals surface area contributed by atoms with Gasteiger partial charge in [0.25, 0.3) is 0 Å². The van der Waals surface area contributed by atoms with Crippen molar-refractivity contribution >= 4 is 40.7 Å². The third kappa shape index (κ3) is 7.39. The fraction of sp³-hybridized carbons (Fsp3) is 0.567. The maximum Gasteiger partial charge on any atom is 0.348 e. The van der Waals surface area contributed by atoms with Crippen molar-refractivity contribution in [2.24, 2.45) is 17.3 Å². The Labute approximate surface area is 229 Å². The molecule has 0 atom stereocenters. The maximum absolute atomic E-state index is 14.1. The van der Waals surface area contributed by atoms with Crippen LogP contribution in [0.1, 0.15) is 93.6 Å². The molecule has 0 unspecified atom stereocenters. The lowest BCUT2D eigenvalue weighted by atomic mass is 9.81. The van der Waals surface area contributed by atoms with Crippen molar-refractivity contribution in [3.05, 3.63) is 40.3 Å². The molecule has 7 heteroatoms. The highest BCUT2D eigenvalue weighted by atomic mass is 32.2. The number of carboxylic acid groups (broad SMARTS) is 1. The molecule has 2 aromatic heterocycles. The number of aromatic nitrogens is 1. The summed E-state index contributed by atoms with van der Waals surface area (Å²) in [5.41, 5.74) is 0.358. The number of aromatic carboxylic acids is 1. The van der Waals surface area contributed by atoms with Crippen molar-refractivity contribution in [3.8, 4) is 11.8 Å². The number of anilines is 1. The number of carbonyl (C=O) groups is 2. The molecule has 0 spiro atoms. The first-order valence-electron chi connectivity index (χ1n) is 13.4. The van der Waals surface area contributed by atoms with Crippen LogP contribution in [0.3, 0.4) is 0 Å². The molecule has 37 heavy (non-hydrogen) atoms. The maximum atomic E-state index is 14.1. The van der Waals surface area contributed by atoms with Crippen molar-refractivity contribution in [2.45, 2.75) is 95.2 Å². The topological polar surface area (TPSA) is 70.5 Å². The Kier molecular flexibility index (Phi) is 9.03. The molecule has 0 aromatic carbocycles. The lowest BCUT2D eigenvalue weighted by Crippen LogP contribution is -2.46. The number of thiophene rings is 1. The molecule has 2 aliphatic rings. The molecule has 2 aliphatic carbocycles. The van der Waals surface area contributed by atoms with Gasteiger partial charge in [0.15, 0.2) is 0 Å². The summed E-state index contributed by atoms with van der Waals surface area (Å²) >= 11 is 3.07. The molecule has 198 valence electrons. The van der Waals surface area contributed by atoms with Crippen LogP contribution in [0.4, 0.5) is 5.69 Å². The molecule has 1 N–H and O–H groups in total. The Morgan fingerprint density at radius 1 is 1.05 bits per heavy atom. The lowest BCUT2D eigenvalue weighted by Gasteiger charge is -2.39. The summed E-state index contributed by atoms with van der Waals surface area (Å²) < 4.78 is 0. The van der Waals surface area contributed by atoms with Crippen LogP contribution < -0.4 is 4.90 Å². The standard InChI is InChI=1S/C30H38N2O3S2/c1-20-5-7-21(8-6-20)28(33)32(22-9-11-23(12-10-22)36-24-14-17-31-18-15-24)26-19-25(13-16-30(2,3)4)37-27(26)29(34)35/h14-15,17-23H,5-12H2,1-4H3,(H,34,35)/t20-,21-,22-,23-. The van der Waals surface area contributed by atoms with E-state index in [1.165, 1.54) is 16.2 Å². The van der Waals surface area contributed by atoms with Gasteiger partial charge in [-0.1, -0.05) is 18.8 Å². The smallest absolute Gasteiger partial charge is 0.348 e. The summed E-state index contributed by atoms with van der Waals surface area (Å²) in [6, 6.07) is 5.95. The summed E-state index contributed by atoms with van der Waals surface area (Å²) in [7, 11) is 0. The van der Waals surface area contributed by atoms with Crippen LogP contribution in [-0.4, -0.2) is 33.3 Å². The van der Waals surface area contributed by atoms with Gasteiger partial charge in [0.05, 0.1) is 10.6 Å². The number of rotatable bonds is 6. The fourth-order valence-electron chi connectivity index (χ4n) is 5.25. The molecule has 5 nitrogen and oxygen atoms in total. The highest BCUT2D eigenvalue weighted by Gasteiger charge is 2.37. The third-order valence-corrected chi connectivity index (χ3v) is 9.67. The van der Waals surface area contributed by atoms with Gasteiger partial charge in [0.1, 0.15) is 4.88 Å². The van der Waals surface area contributed by atoms with Gasteiger partial charge in [0, 0.05) is 39.9 Å². The average molecular weight is 539 g/mol. The van der Waals surface area contributed by atoms with Crippen LogP contribution in [0.25, 0.3) is 0 Å². The zero-order chi connectivity index (χ0) is 26.6. The van der Waals surface area contributed by atoms with E-state index in [4.69, 9.17) is 0 Å². The van der Waals surface area contributed by atoms with Crippen LogP contribution in [0.15, 0.2) is 35.5 Å².